The molecule has 1 aliphatic carbocycles. The van der Waals surface area contributed by atoms with Crippen molar-refractivity contribution in [2.24, 2.45) is 5.41 Å². The Morgan fingerprint density at radius 1 is 1.19 bits per heavy atom. The number of rotatable bonds is 2. The molecule has 0 aliphatic heterocycles. The van der Waals surface area contributed by atoms with E-state index in [1.165, 1.54) is 9.82 Å². The van der Waals surface area contributed by atoms with Crippen LogP contribution in [-0.4, -0.2) is 29.3 Å². The number of allylic oxidation sites excluding steroid dienone is 2. The van der Waals surface area contributed by atoms with Gasteiger partial charge in [0.15, 0.2) is 0 Å². The Balaban J connectivity index is 2.98. The predicted octanol–water partition coefficient (Wildman–Crippen LogP) is 3.17. The first-order chi connectivity index (χ1) is 7.11. The van der Waals surface area contributed by atoms with Crippen molar-refractivity contribution in [3.8, 4) is 0 Å². The Kier molecular flexibility index (Phi) is 4.17. The average molecular weight is 213 g/mol. The molecule has 0 saturated heterocycles. The van der Waals surface area contributed by atoms with E-state index in [0.717, 1.165) is 6.42 Å². The van der Waals surface area contributed by atoms with Crippen LogP contribution in [0.15, 0.2) is 22.0 Å². The summed E-state index contributed by atoms with van der Waals surface area (Å²) in [4.78, 5) is 0. The molecule has 0 aromatic carbocycles. The van der Waals surface area contributed by atoms with Gasteiger partial charge in [0.1, 0.15) is 0 Å². The molecule has 1 unspecified atom stereocenters. The second-order valence-electron chi connectivity index (χ2n) is 7.04. The first kappa shape index (κ1) is 14.1. The fourth-order valence-electron chi connectivity index (χ4n) is 2.16. The molecule has 0 amide bonds. The van der Waals surface area contributed by atoms with Crippen molar-refractivity contribution < 1.29 is 0 Å². The molecule has 1 N–H and O–H groups in total. The molecule has 0 aromatic heterocycles. The third-order valence-electron chi connectivity index (χ3n) is 2.97. The molecule has 0 aromatic rings. The second kappa shape index (κ2) is 4.73. The third-order valence-corrected chi connectivity index (χ3v) is 2.97. The zero-order valence-corrected chi connectivity index (χ0v) is 11.9. The van der Waals surface area contributed by atoms with Crippen molar-refractivity contribution in [2.45, 2.75) is 59.5 Å². The van der Waals surface area contributed by atoms with E-state index in [0.29, 0.717) is 6.04 Å². The zero-order chi connectivity index (χ0) is 12.6. The van der Waals surface area contributed by atoms with Gasteiger partial charge in [-0.1, -0.05) is 0 Å². The van der Waals surface area contributed by atoms with Gasteiger partial charge in [-0.25, -0.2) is 0 Å². The monoisotopic (exact) mass is 213 g/mol. The summed E-state index contributed by atoms with van der Waals surface area (Å²) in [5, 5.41) is 3.76. The van der Waals surface area contributed by atoms with Gasteiger partial charge in [-0.05, 0) is 0 Å². The van der Waals surface area contributed by atoms with Crippen LogP contribution in [0, 0.1) is 5.41 Å². The molecule has 2 heteroatoms. The van der Waals surface area contributed by atoms with Crippen molar-refractivity contribution in [1.29, 1.82) is 0 Å². The van der Waals surface area contributed by atoms with E-state index in [9.17, 15) is 0 Å². The molecule has 1 nitrogen and oxygen atoms in total. The van der Waals surface area contributed by atoms with Crippen LogP contribution in [0.3, 0.4) is 0 Å². The molecule has 0 fully saturated rings. The molecule has 0 bridgehead atoms. The Morgan fingerprint density at radius 2 is 1.75 bits per heavy atom. The number of nitrogens with one attached hydrogen (secondary N) is 1. The first-order valence-electron chi connectivity index (χ1n) is 6.25. The summed E-state index contributed by atoms with van der Waals surface area (Å²) >= 11 is 2.25. The summed E-state index contributed by atoms with van der Waals surface area (Å²) in [6, 6.07) is 0.436. The Hall–Kier alpha value is 0.0374. The molecule has 0 spiro atoms. The molecule has 1 rings (SSSR count). The van der Waals surface area contributed by atoms with E-state index in [1.807, 2.05) is 0 Å². The van der Waals surface area contributed by atoms with Gasteiger partial charge in [0, 0.05) is 0 Å². The normalized spacial score (nSPS) is 19.5. The minimum atomic E-state index is 0.154. The van der Waals surface area contributed by atoms with Crippen LogP contribution in [0.5, 0.6) is 0 Å². The third kappa shape index (κ3) is 3.81. The van der Waals surface area contributed by atoms with Gasteiger partial charge in [-0.3, -0.25) is 0 Å². The van der Waals surface area contributed by atoms with Gasteiger partial charge >= 0.3 is 110 Å². The van der Waals surface area contributed by atoms with Gasteiger partial charge in [0.2, 0.25) is 0 Å². The fraction of sp³-hybridized carbons (Fsp3) is 0.714. The summed E-state index contributed by atoms with van der Waals surface area (Å²) in [5.74, 6) is 0. The standard InChI is InChI=1S/C14H24N.Li/c1-13(2,3)12(15-14(4,5)6)11-9-7-8-10-11;/h7,9,12,15H,8H2,1-6H3;. The molecule has 0 saturated carbocycles. The summed E-state index contributed by atoms with van der Waals surface area (Å²) in [6.45, 7) is 13.6. The van der Waals surface area contributed by atoms with Gasteiger partial charge in [0.05, 0.1) is 0 Å². The molecule has 16 heavy (non-hydrogen) atoms. The van der Waals surface area contributed by atoms with Gasteiger partial charge in [-0.15, -0.1) is 0 Å². The Labute approximate surface area is 110 Å². The van der Waals surface area contributed by atoms with Crippen molar-refractivity contribution in [3.63, 3.8) is 0 Å². The number of hydrogen-bond acceptors (Lipinski definition) is 1. The van der Waals surface area contributed by atoms with Crippen LogP contribution < -0.4 is 5.32 Å². The molecule has 1 aliphatic rings. The van der Waals surface area contributed by atoms with E-state index in [-0.39, 0.29) is 11.0 Å². The van der Waals surface area contributed by atoms with Crippen LogP contribution in [-0.2, 0) is 0 Å². The van der Waals surface area contributed by atoms with E-state index in [2.05, 4.69) is 76.7 Å². The van der Waals surface area contributed by atoms with E-state index in [4.69, 9.17) is 0 Å². The van der Waals surface area contributed by atoms with Crippen LogP contribution in [0.1, 0.15) is 48.0 Å². The first-order valence-corrected chi connectivity index (χ1v) is 6.25. The second-order valence-corrected chi connectivity index (χ2v) is 7.04. The maximum atomic E-state index is 3.76. The van der Waals surface area contributed by atoms with Crippen LogP contribution in [0.4, 0.5) is 0 Å². The van der Waals surface area contributed by atoms with E-state index in [1.54, 1.807) is 0 Å². The molecular formula is C14H24LiN. The summed E-state index contributed by atoms with van der Waals surface area (Å²) in [5.41, 5.74) is 1.89. The summed E-state index contributed by atoms with van der Waals surface area (Å²) in [7, 11) is 0. The van der Waals surface area contributed by atoms with Crippen molar-refractivity contribution >= 4 is 17.7 Å². The Bertz CT molecular complexity index is 313. The van der Waals surface area contributed by atoms with E-state index < -0.39 is 0 Å². The topological polar surface area (TPSA) is 12.0 Å². The predicted molar refractivity (Wildman–Crippen MR) is 72.7 cm³/mol. The van der Waals surface area contributed by atoms with Crippen molar-refractivity contribution in [1.82, 2.24) is 5.32 Å². The van der Waals surface area contributed by atoms with E-state index >= 15 is 0 Å². The average Bonchev–Trinajstić information content (AvgIpc) is 2.43. The van der Waals surface area contributed by atoms with Crippen LogP contribution >= 0.6 is 0 Å². The summed E-state index contributed by atoms with van der Waals surface area (Å²) in [6.07, 6.45) is 5.69. The van der Waals surface area contributed by atoms with Gasteiger partial charge in [0.25, 0.3) is 0 Å². The quantitative estimate of drug-likeness (QED) is 0.695. The summed E-state index contributed by atoms with van der Waals surface area (Å²) < 4.78 is 1.51. The van der Waals surface area contributed by atoms with Gasteiger partial charge < -0.3 is 0 Å². The van der Waals surface area contributed by atoms with Crippen LogP contribution in [0.25, 0.3) is 0 Å². The SMILES string of the molecule is [Li][C]1=C(C(NC(C)(C)C)C(C)(C)C)C=CC1. The van der Waals surface area contributed by atoms with Gasteiger partial charge in [-0.2, -0.15) is 0 Å². The van der Waals surface area contributed by atoms with Crippen molar-refractivity contribution in [3.05, 3.63) is 22.0 Å². The molecular weight excluding hydrogens is 189 g/mol. The molecule has 86 valence electrons. The van der Waals surface area contributed by atoms with Crippen molar-refractivity contribution in [2.75, 3.05) is 0 Å². The maximum absolute atomic E-state index is 3.76. The zero-order valence-electron chi connectivity index (χ0n) is 11.9. The Morgan fingerprint density at radius 3 is 2.06 bits per heavy atom. The minimum absolute atomic E-state index is 0.154. The van der Waals surface area contributed by atoms with Crippen LogP contribution in [0.2, 0.25) is 0 Å². The molecule has 0 radical (unpaired) electrons. The molecule has 1 atom stereocenters. The molecule has 0 heterocycles. The number of hydrogen-bond donors (Lipinski definition) is 1. The fourth-order valence-corrected chi connectivity index (χ4v) is 2.16.